The van der Waals surface area contributed by atoms with E-state index in [0.717, 1.165) is 11.0 Å². The van der Waals surface area contributed by atoms with Gasteiger partial charge in [-0.05, 0) is 57.3 Å². The predicted molar refractivity (Wildman–Crippen MR) is 107 cm³/mol. The number of thioether (sulfide) groups is 1. The smallest absolute Gasteiger partial charge is 0.295 e. The number of halogens is 2. The van der Waals surface area contributed by atoms with Crippen LogP contribution in [0, 0.1) is 5.82 Å². The highest BCUT2D eigenvalue weighted by atomic mass is 79.9. The van der Waals surface area contributed by atoms with E-state index in [9.17, 15) is 17.6 Å². The third-order valence-corrected chi connectivity index (χ3v) is 7.28. The maximum Gasteiger partial charge on any atom is 0.446 e. The third-order valence-electron chi connectivity index (χ3n) is 4.42. The maximum absolute atomic E-state index is 13.6. The van der Waals surface area contributed by atoms with E-state index < -0.39 is 21.8 Å². The van der Waals surface area contributed by atoms with Gasteiger partial charge in [-0.2, -0.15) is 12.7 Å². The number of nitrogens with two attached hydrogens (primary N) is 1. The Bertz CT molecular complexity index is 1240. The molecule has 1 aliphatic heterocycles. The van der Waals surface area contributed by atoms with Gasteiger partial charge in [-0.25, -0.2) is 23.5 Å². The Kier molecular flexibility index (Phi) is 5.80. The lowest BCUT2D eigenvalue weighted by Crippen LogP contribution is -2.44. The Balaban J connectivity index is 1.66. The largest absolute Gasteiger partial charge is 0.446 e. The van der Waals surface area contributed by atoms with Gasteiger partial charge in [0.25, 0.3) is 10.2 Å². The summed E-state index contributed by atoms with van der Waals surface area (Å²) in [5, 5.41) is 16.8. The molecule has 1 aromatic carbocycles. The lowest BCUT2D eigenvalue weighted by Gasteiger charge is -2.29. The molecule has 0 spiro atoms. The van der Waals surface area contributed by atoms with Crippen LogP contribution in [0.25, 0.3) is 17.2 Å². The van der Waals surface area contributed by atoms with Gasteiger partial charge in [-0.3, -0.25) is 4.52 Å². The number of benzene rings is 1. The highest BCUT2D eigenvalue weighted by Crippen LogP contribution is 2.34. The van der Waals surface area contributed by atoms with E-state index in [1.54, 1.807) is 0 Å². The summed E-state index contributed by atoms with van der Waals surface area (Å²) >= 11 is 4.31. The van der Waals surface area contributed by atoms with Gasteiger partial charge in [-0.15, -0.1) is 0 Å². The molecule has 0 bridgehead atoms. The molecule has 15 heteroatoms. The van der Waals surface area contributed by atoms with E-state index >= 15 is 0 Å². The molecule has 0 unspecified atom stereocenters. The van der Waals surface area contributed by atoms with Crippen molar-refractivity contribution in [3.63, 3.8) is 0 Å². The van der Waals surface area contributed by atoms with Gasteiger partial charge in [0.2, 0.25) is 5.82 Å². The summed E-state index contributed by atoms with van der Waals surface area (Å²) in [4.78, 5) is 12.2. The van der Waals surface area contributed by atoms with Crippen LogP contribution in [-0.4, -0.2) is 51.1 Å². The molecule has 4 rings (SSSR count). The molecule has 0 amide bonds. The molecule has 0 saturated carbocycles. The topological polar surface area (TPSA) is 150 Å². The van der Waals surface area contributed by atoms with Crippen molar-refractivity contribution in [3.8, 4) is 17.2 Å². The molecule has 0 radical (unpaired) electrons. The average molecular weight is 521 g/mol. The van der Waals surface area contributed by atoms with Crippen LogP contribution in [0.15, 0.2) is 41.6 Å². The summed E-state index contributed by atoms with van der Waals surface area (Å²) in [6.07, 6.45) is 1.35. The molecule has 30 heavy (non-hydrogen) atoms. The second-order valence-corrected chi connectivity index (χ2v) is 10.1. The Labute approximate surface area is 181 Å². The number of hydrogen-bond donors (Lipinski definition) is 1. The van der Waals surface area contributed by atoms with Crippen LogP contribution in [-0.2, 0) is 10.2 Å². The third kappa shape index (κ3) is 4.20. The van der Waals surface area contributed by atoms with Crippen molar-refractivity contribution < 1.29 is 22.0 Å². The molecule has 0 aliphatic carbocycles. The van der Waals surface area contributed by atoms with Gasteiger partial charge in [-0.1, -0.05) is 16.9 Å². The van der Waals surface area contributed by atoms with Crippen molar-refractivity contribution in [2.24, 2.45) is 5.14 Å². The molecule has 1 saturated heterocycles. The second-order valence-electron chi connectivity index (χ2n) is 6.41. The summed E-state index contributed by atoms with van der Waals surface area (Å²) in [5.74, 6) is -1.29. The molecule has 1 atom stereocenters. The Hall–Kier alpha value is -2.07. The fraction of sp³-hybridized carbons (Fsp3) is 0.333. The quantitative estimate of drug-likeness (QED) is 0.527. The predicted octanol–water partition coefficient (Wildman–Crippen LogP) is 1.54. The van der Waals surface area contributed by atoms with E-state index in [-0.39, 0.29) is 27.8 Å². The van der Waals surface area contributed by atoms with Gasteiger partial charge in [0.05, 0.1) is 10.2 Å². The number of aromatic nitrogens is 4. The van der Waals surface area contributed by atoms with Crippen molar-refractivity contribution in [3.05, 3.63) is 39.0 Å². The molecule has 11 nitrogen and oxygen atoms in total. The summed E-state index contributed by atoms with van der Waals surface area (Å²) in [5.41, 5.74) is 0.431. The first kappa shape index (κ1) is 21.2. The van der Waals surface area contributed by atoms with Gasteiger partial charge in [0, 0.05) is 18.3 Å². The van der Waals surface area contributed by atoms with Gasteiger partial charge < -0.3 is 0 Å². The van der Waals surface area contributed by atoms with Gasteiger partial charge >= 0.3 is 5.76 Å². The zero-order valence-corrected chi connectivity index (χ0v) is 18.3. The zero-order chi connectivity index (χ0) is 21.5. The summed E-state index contributed by atoms with van der Waals surface area (Å²) in [6.45, 7) is 0.550. The zero-order valence-electron chi connectivity index (χ0n) is 15.1. The first-order valence-electron chi connectivity index (χ1n) is 8.55. The first-order chi connectivity index (χ1) is 14.2. The second kappa shape index (κ2) is 8.22. The van der Waals surface area contributed by atoms with Crippen molar-refractivity contribution in [1.82, 2.24) is 24.3 Å². The first-order valence-corrected chi connectivity index (χ1v) is 11.7. The minimum atomic E-state index is -3.79. The Morgan fingerprint density at radius 3 is 2.83 bits per heavy atom. The van der Waals surface area contributed by atoms with E-state index in [1.165, 1.54) is 34.3 Å². The molecular formula is C15H14BrFN6O5S2. The highest BCUT2D eigenvalue weighted by molar-refractivity contribution is 9.10. The molecule has 2 N–H and O–H groups in total. The minimum Gasteiger partial charge on any atom is -0.295 e. The van der Waals surface area contributed by atoms with E-state index in [1.807, 2.05) is 0 Å². The van der Waals surface area contributed by atoms with Crippen molar-refractivity contribution in [2.75, 3.05) is 13.1 Å². The van der Waals surface area contributed by atoms with Crippen LogP contribution in [0.1, 0.15) is 12.8 Å². The summed E-state index contributed by atoms with van der Waals surface area (Å²) in [7, 11) is -3.79. The number of piperidine rings is 1. The SMILES string of the molecule is NS(=O)(=O)N1CCC[C@H](Sc2nonc2-c2noc(=O)n2-c2ccc(F)c(Br)c2)C1. The van der Waals surface area contributed by atoms with Crippen molar-refractivity contribution in [2.45, 2.75) is 23.1 Å². The molecule has 1 aliphatic rings. The Morgan fingerprint density at radius 2 is 2.10 bits per heavy atom. The summed E-state index contributed by atoms with van der Waals surface area (Å²) < 4.78 is 48.9. The van der Waals surface area contributed by atoms with Gasteiger partial charge in [0.15, 0.2) is 10.7 Å². The fourth-order valence-electron chi connectivity index (χ4n) is 3.04. The molecule has 1 fully saturated rings. The van der Waals surface area contributed by atoms with Crippen LogP contribution < -0.4 is 10.9 Å². The summed E-state index contributed by atoms with van der Waals surface area (Å²) in [6, 6.07) is 3.96. The molecular weight excluding hydrogens is 507 g/mol. The maximum atomic E-state index is 13.6. The molecule has 3 aromatic rings. The lowest BCUT2D eigenvalue weighted by molar-refractivity contribution is 0.299. The van der Waals surface area contributed by atoms with E-state index in [0.29, 0.717) is 23.7 Å². The standard InChI is InChI=1S/C15H14BrFN6O5S2/c16-10-6-8(3-4-11(10)17)23-13(20-27-15(23)24)12-14(21-28-19-12)29-9-2-1-5-22(7-9)30(18,25)26/h3-4,6,9H,1-2,5,7H2,(H2,18,25,26)/t9-/m0/s1. The van der Waals surface area contributed by atoms with Crippen LogP contribution in [0.3, 0.4) is 0 Å². The molecule has 2 aromatic heterocycles. The highest BCUT2D eigenvalue weighted by Gasteiger charge is 2.30. The van der Waals surface area contributed by atoms with E-state index in [4.69, 9.17) is 14.3 Å². The van der Waals surface area contributed by atoms with Crippen LogP contribution >= 0.6 is 27.7 Å². The molecule has 3 heterocycles. The van der Waals surface area contributed by atoms with Gasteiger partial charge in [0.1, 0.15) is 5.82 Å². The number of hydrogen-bond acceptors (Lipinski definition) is 9. The van der Waals surface area contributed by atoms with Crippen molar-refractivity contribution in [1.29, 1.82) is 0 Å². The fourth-order valence-corrected chi connectivity index (χ4v) is 5.44. The number of nitrogens with zero attached hydrogens (tertiary/aromatic N) is 5. The number of rotatable bonds is 5. The average Bonchev–Trinajstić information content (AvgIpc) is 3.30. The molecule has 160 valence electrons. The minimum absolute atomic E-state index is 0.0152. The van der Waals surface area contributed by atoms with Crippen molar-refractivity contribution >= 4 is 37.9 Å². The normalized spacial score (nSPS) is 18.0. The van der Waals surface area contributed by atoms with Crippen LogP contribution in [0.5, 0.6) is 0 Å². The monoisotopic (exact) mass is 520 g/mol. The van der Waals surface area contributed by atoms with E-state index in [2.05, 4.69) is 31.4 Å². The Morgan fingerprint density at radius 1 is 1.30 bits per heavy atom. The van der Waals surface area contributed by atoms with Crippen LogP contribution in [0.4, 0.5) is 4.39 Å². The van der Waals surface area contributed by atoms with Crippen LogP contribution in [0.2, 0.25) is 0 Å². The lowest BCUT2D eigenvalue weighted by atomic mass is 10.2.